The first-order chi connectivity index (χ1) is 11.6. The van der Waals surface area contributed by atoms with Gasteiger partial charge < -0.3 is 10.2 Å². The largest absolute Gasteiger partial charge is 0.353 e. The van der Waals surface area contributed by atoms with Crippen LogP contribution in [-0.2, 0) is 9.59 Å². The van der Waals surface area contributed by atoms with E-state index in [2.05, 4.69) is 27.3 Å². The van der Waals surface area contributed by atoms with Crippen LogP contribution in [0.25, 0.3) is 0 Å². The molecule has 0 radical (unpaired) electrons. The maximum absolute atomic E-state index is 12.4. The summed E-state index contributed by atoms with van der Waals surface area (Å²) < 4.78 is 0. The topological polar surface area (TPSA) is 78.4 Å². The lowest BCUT2D eigenvalue weighted by molar-refractivity contribution is -0.125. The third kappa shape index (κ3) is 3.68. The van der Waals surface area contributed by atoms with E-state index in [4.69, 9.17) is 0 Å². The minimum atomic E-state index is -0.00600. The molecule has 3 heterocycles. The summed E-state index contributed by atoms with van der Waals surface area (Å²) in [7, 11) is 0. The maximum Gasteiger partial charge on any atom is 0.228 e. The highest BCUT2D eigenvalue weighted by Crippen LogP contribution is 2.32. The normalized spacial score (nSPS) is 22.8. The van der Waals surface area contributed by atoms with Crippen molar-refractivity contribution in [2.75, 3.05) is 29.4 Å². The highest BCUT2D eigenvalue weighted by atomic mass is 32.1. The van der Waals surface area contributed by atoms with Gasteiger partial charge in [0.2, 0.25) is 22.1 Å². The van der Waals surface area contributed by atoms with Crippen LogP contribution < -0.4 is 15.1 Å². The fraction of sp³-hybridized carbons (Fsp3) is 0.750. The Labute approximate surface area is 146 Å². The predicted molar refractivity (Wildman–Crippen MR) is 94.3 cm³/mol. The van der Waals surface area contributed by atoms with E-state index in [9.17, 15) is 9.59 Å². The highest BCUT2D eigenvalue weighted by Gasteiger charge is 2.30. The van der Waals surface area contributed by atoms with E-state index in [0.717, 1.165) is 43.9 Å². The van der Waals surface area contributed by atoms with Crippen molar-refractivity contribution < 1.29 is 9.59 Å². The average Bonchev–Trinajstić information content (AvgIpc) is 3.23. The van der Waals surface area contributed by atoms with Gasteiger partial charge in [0.1, 0.15) is 0 Å². The Morgan fingerprint density at radius 1 is 1.33 bits per heavy atom. The lowest BCUT2D eigenvalue weighted by Crippen LogP contribution is -2.45. The van der Waals surface area contributed by atoms with E-state index >= 15 is 0 Å². The van der Waals surface area contributed by atoms with Crippen LogP contribution in [-0.4, -0.2) is 47.7 Å². The quantitative estimate of drug-likeness (QED) is 0.875. The van der Waals surface area contributed by atoms with Crippen LogP contribution in [0.5, 0.6) is 0 Å². The molecule has 132 valence electrons. The fourth-order valence-corrected chi connectivity index (χ4v) is 4.05. The molecule has 2 aliphatic rings. The lowest BCUT2D eigenvalue weighted by atomic mass is 9.97. The van der Waals surface area contributed by atoms with Crippen LogP contribution in [0.3, 0.4) is 0 Å². The summed E-state index contributed by atoms with van der Waals surface area (Å²) in [4.78, 5) is 28.1. The number of hydrogen-bond donors (Lipinski definition) is 1. The molecule has 2 aliphatic heterocycles. The Hall–Kier alpha value is -1.70. The molecule has 0 spiro atoms. The van der Waals surface area contributed by atoms with Crippen molar-refractivity contribution in [2.45, 2.75) is 52.0 Å². The van der Waals surface area contributed by atoms with Gasteiger partial charge in [0.25, 0.3) is 0 Å². The summed E-state index contributed by atoms with van der Waals surface area (Å²) >= 11 is 1.45. The molecule has 2 atom stereocenters. The number of amides is 2. The minimum absolute atomic E-state index is 0.00600. The van der Waals surface area contributed by atoms with E-state index in [1.54, 1.807) is 4.90 Å². The number of nitrogens with zero attached hydrogens (tertiary/aromatic N) is 4. The lowest BCUT2D eigenvalue weighted by Gasteiger charge is -2.32. The summed E-state index contributed by atoms with van der Waals surface area (Å²) in [5, 5.41) is 13.0. The van der Waals surface area contributed by atoms with E-state index < -0.39 is 0 Å². The zero-order valence-corrected chi connectivity index (χ0v) is 15.1. The Kier molecular flexibility index (Phi) is 5.33. The molecular formula is C16H25N5O2S. The fourth-order valence-electron chi connectivity index (χ4n) is 3.12. The summed E-state index contributed by atoms with van der Waals surface area (Å²) in [5.74, 6) is 0.254. The van der Waals surface area contributed by atoms with Gasteiger partial charge in [0.05, 0.1) is 5.92 Å². The first-order valence-corrected chi connectivity index (χ1v) is 9.59. The van der Waals surface area contributed by atoms with Gasteiger partial charge in [-0.1, -0.05) is 18.3 Å². The molecule has 2 amide bonds. The van der Waals surface area contributed by atoms with E-state index in [0.29, 0.717) is 18.1 Å². The number of anilines is 2. The Bertz CT molecular complexity index is 605. The summed E-state index contributed by atoms with van der Waals surface area (Å²) in [6.07, 6.45) is 4.29. The summed E-state index contributed by atoms with van der Waals surface area (Å²) in [6, 6.07) is 0.210. The molecule has 7 nitrogen and oxygen atoms in total. The molecule has 0 bridgehead atoms. The number of aromatic nitrogens is 2. The molecule has 0 aromatic carbocycles. The molecule has 0 saturated carbocycles. The van der Waals surface area contributed by atoms with E-state index in [-0.39, 0.29) is 23.8 Å². The number of hydrogen-bond acceptors (Lipinski definition) is 6. The molecule has 1 aromatic rings. The van der Waals surface area contributed by atoms with Gasteiger partial charge in [-0.25, -0.2) is 0 Å². The zero-order valence-electron chi connectivity index (χ0n) is 14.3. The highest BCUT2D eigenvalue weighted by molar-refractivity contribution is 7.19. The van der Waals surface area contributed by atoms with Crippen molar-refractivity contribution in [3.05, 3.63) is 0 Å². The first-order valence-electron chi connectivity index (χ1n) is 8.77. The minimum Gasteiger partial charge on any atom is -0.353 e. The van der Waals surface area contributed by atoms with Crippen molar-refractivity contribution in [3.8, 4) is 0 Å². The van der Waals surface area contributed by atoms with Gasteiger partial charge in [-0.2, -0.15) is 0 Å². The number of nitrogens with one attached hydrogen (secondary N) is 1. The average molecular weight is 351 g/mol. The summed E-state index contributed by atoms with van der Waals surface area (Å²) in [6.45, 7) is 6.39. The summed E-state index contributed by atoms with van der Waals surface area (Å²) in [5.41, 5.74) is 0. The van der Waals surface area contributed by atoms with Crippen molar-refractivity contribution >= 4 is 33.4 Å². The Morgan fingerprint density at radius 3 is 2.83 bits per heavy atom. The van der Waals surface area contributed by atoms with Crippen LogP contribution in [0.15, 0.2) is 0 Å². The first kappa shape index (κ1) is 17.1. The van der Waals surface area contributed by atoms with Gasteiger partial charge in [-0.05, 0) is 32.6 Å². The van der Waals surface area contributed by atoms with Crippen LogP contribution in [0.2, 0.25) is 0 Å². The van der Waals surface area contributed by atoms with E-state index in [1.807, 2.05) is 6.92 Å². The smallest absolute Gasteiger partial charge is 0.228 e. The van der Waals surface area contributed by atoms with Gasteiger partial charge in [-0.3, -0.25) is 14.5 Å². The van der Waals surface area contributed by atoms with Gasteiger partial charge in [-0.15, -0.1) is 10.2 Å². The van der Waals surface area contributed by atoms with Gasteiger partial charge in [0, 0.05) is 32.1 Å². The van der Waals surface area contributed by atoms with E-state index in [1.165, 1.54) is 11.3 Å². The SMILES string of the molecule is CCC(C)NC(=O)C1CCCN(c2nnc(N3CCCC3=O)s2)C1. The standard InChI is InChI=1S/C16H25N5O2S/c1-3-11(2)17-14(23)12-6-4-8-20(10-12)15-18-19-16(24-15)21-9-5-7-13(21)22/h11-12H,3-10H2,1-2H3,(H,17,23). The maximum atomic E-state index is 12.4. The Balaban J connectivity index is 1.63. The van der Waals surface area contributed by atoms with Crippen molar-refractivity contribution in [1.29, 1.82) is 0 Å². The third-order valence-electron chi connectivity index (χ3n) is 4.77. The molecule has 2 fully saturated rings. The molecule has 24 heavy (non-hydrogen) atoms. The molecule has 1 N–H and O–H groups in total. The van der Waals surface area contributed by atoms with Crippen molar-refractivity contribution in [2.24, 2.45) is 5.92 Å². The molecular weight excluding hydrogens is 326 g/mol. The molecule has 1 aromatic heterocycles. The second kappa shape index (κ2) is 7.46. The van der Waals surface area contributed by atoms with Crippen LogP contribution in [0.4, 0.5) is 10.3 Å². The second-order valence-electron chi connectivity index (χ2n) is 6.62. The monoisotopic (exact) mass is 351 g/mol. The predicted octanol–water partition coefficient (Wildman–Crippen LogP) is 1.80. The number of carbonyl (C=O) groups is 2. The van der Waals surface area contributed by atoms with Crippen LogP contribution in [0.1, 0.15) is 46.0 Å². The van der Waals surface area contributed by atoms with Crippen molar-refractivity contribution in [3.63, 3.8) is 0 Å². The second-order valence-corrected chi connectivity index (χ2v) is 7.55. The molecule has 2 unspecified atom stereocenters. The van der Waals surface area contributed by atoms with Crippen molar-refractivity contribution in [1.82, 2.24) is 15.5 Å². The van der Waals surface area contributed by atoms with Gasteiger partial charge in [0.15, 0.2) is 0 Å². The Morgan fingerprint density at radius 2 is 2.12 bits per heavy atom. The third-order valence-corrected chi connectivity index (χ3v) is 5.78. The van der Waals surface area contributed by atoms with Crippen LogP contribution in [0, 0.1) is 5.92 Å². The number of carbonyl (C=O) groups excluding carboxylic acids is 2. The zero-order chi connectivity index (χ0) is 17.1. The van der Waals surface area contributed by atoms with Crippen LogP contribution >= 0.6 is 11.3 Å². The molecule has 0 aliphatic carbocycles. The molecule has 3 rings (SSSR count). The number of piperidine rings is 1. The number of rotatable bonds is 5. The van der Waals surface area contributed by atoms with Gasteiger partial charge >= 0.3 is 0 Å². The molecule has 8 heteroatoms. The molecule has 2 saturated heterocycles.